The molecule has 0 aromatic heterocycles. The van der Waals surface area contributed by atoms with Crippen LogP contribution in [0.3, 0.4) is 0 Å². The molecule has 2 unspecified atom stereocenters. The van der Waals surface area contributed by atoms with Crippen LogP contribution in [0.15, 0.2) is 18.2 Å². The highest BCUT2D eigenvalue weighted by Crippen LogP contribution is 2.29. The Morgan fingerprint density at radius 2 is 2.16 bits per heavy atom. The summed E-state index contributed by atoms with van der Waals surface area (Å²) in [4.78, 5) is 0. The average Bonchev–Trinajstić information content (AvgIpc) is 2.27. The highest BCUT2D eigenvalue weighted by Gasteiger charge is 2.29. The Hall–Kier alpha value is -1.06. The second-order valence-corrected chi connectivity index (χ2v) is 6.25. The number of aryl methyl sites for hydroxylation is 1. The van der Waals surface area contributed by atoms with Crippen molar-refractivity contribution < 1.29 is 9.84 Å². The van der Waals surface area contributed by atoms with Crippen LogP contribution in [0.5, 0.6) is 5.75 Å². The van der Waals surface area contributed by atoms with Crippen molar-refractivity contribution in [3.05, 3.63) is 29.3 Å². The van der Waals surface area contributed by atoms with Crippen molar-refractivity contribution in [3.63, 3.8) is 0 Å². The van der Waals surface area contributed by atoms with Gasteiger partial charge in [0.15, 0.2) is 0 Å². The Morgan fingerprint density at radius 3 is 2.79 bits per heavy atom. The summed E-state index contributed by atoms with van der Waals surface area (Å²) in [5.74, 6) is 0.381. The molecule has 2 rings (SSSR count). The maximum atomic E-state index is 10.0. The summed E-state index contributed by atoms with van der Waals surface area (Å²) in [6.45, 7) is 9.16. The van der Waals surface area contributed by atoms with E-state index in [1.54, 1.807) is 0 Å². The second-order valence-electron chi connectivity index (χ2n) is 6.25. The molecule has 3 heteroatoms. The van der Waals surface area contributed by atoms with Gasteiger partial charge in [0.05, 0.1) is 5.60 Å². The maximum absolute atomic E-state index is 10.0. The number of ether oxygens (including phenoxy) is 1. The molecule has 1 aliphatic rings. The summed E-state index contributed by atoms with van der Waals surface area (Å²) in [7, 11) is 0. The van der Waals surface area contributed by atoms with Gasteiger partial charge in [-0.3, -0.25) is 0 Å². The third-order valence-corrected chi connectivity index (χ3v) is 3.84. The number of rotatable bonds is 3. The fourth-order valence-corrected chi connectivity index (χ4v) is 2.84. The van der Waals surface area contributed by atoms with E-state index >= 15 is 0 Å². The molecule has 1 saturated heterocycles. The lowest BCUT2D eigenvalue weighted by Crippen LogP contribution is -2.44. The molecular weight excluding hydrogens is 238 g/mol. The van der Waals surface area contributed by atoms with E-state index in [2.05, 4.69) is 26.1 Å². The maximum Gasteiger partial charge on any atom is 0.120 e. The first kappa shape index (κ1) is 14.4. The minimum Gasteiger partial charge on any atom is -0.508 e. The molecule has 2 N–H and O–H groups in total. The van der Waals surface area contributed by atoms with Crippen LogP contribution in [0, 0.1) is 6.92 Å². The van der Waals surface area contributed by atoms with Gasteiger partial charge in [-0.2, -0.15) is 0 Å². The van der Waals surface area contributed by atoms with Crippen molar-refractivity contribution in [3.8, 4) is 5.75 Å². The van der Waals surface area contributed by atoms with E-state index in [0.29, 0.717) is 11.8 Å². The molecule has 0 radical (unpaired) electrons. The van der Waals surface area contributed by atoms with Gasteiger partial charge in [-0.25, -0.2) is 0 Å². The first-order valence-electron chi connectivity index (χ1n) is 7.07. The molecule has 1 aromatic rings. The van der Waals surface area contributed by atoms with Gasteiger partial charge in [0.2, 0.25) is 0 Å². The molecule has 1 aromatic carbocycles. The number of nitrogens with one attached hydrogen (secondary N) is 1. The molecule has 3 nitrogen and oxygen atoms in total. The number of phenolic OH excluding ortho intramolecular Hbond substituents is 1. The highest BCUT2D eigenvalue weighted by atomic mass is 16.5. The third kappa shape index (κ3) is 3.71. The molecule has 0 bridgehead atoms. The molecule has 19 heavy (non-hydrogen) atoms. The van der Waals surface area contributed by atoms with E-state index < -0.39 is 0 Å². The number of phenols is 1. The smallest absolute Gasteiger partial charge is 0.120 e. The molecule has 1 aliphatic heterocycles. The summed E-state index contributed by atoms with van der Waals surface area (Å²) < 4.78 is 5.73. The Labute approximate surface area is 116 Å². The molecule has 106 valence electrons. The van der Waals surface area contributed by atoms with E-state index in [1.165, 1.54) is 0 Å². The first-order valence-corrected chi connectivity index (χ1v) is 7.07. The number of hydrogen-bond acceptors (Lipinski definition) is 3. The van der Waals surface area contributed by atoms with Crippen molar-refractivity contribution in [2.24, 2.45) is 0 Å². The fourth-order valence-electron chi connectivity index (χ4n) is 2.84. The Morgan fingerprint density at radius 1 is 1.42 bits per heavy atom. The van der Waals surface area contributed by atoms with Crippen LogP contribution in [-0.4, -0.2) is 23.4 Å². The van der Waals surface area contributed by atoms with Crippen LogP contribution in [0.4, 0.5) is 0 Å². The van der Waals surface area contributed by atoms with Gasteiger partial charge in [-0.05, 0) is 52.2 Å². The predicted octanol–water partition coefficient (Wildman–Crippen LogP) is 3.31. The summed E-state index contributed by atoms with van der Waals surface area (Å²) >= 11 is 0. The van der Waals surface area contributed by atoms with E-state index in [9.17, 15) is 5.11 Å². The van der Waals surface area contributed by atoms with Gasteiger partial charge in [-0.15, -0.1) is 0 Å². The van der Waals surface area contributed by atoms with Crippen molar-refractivity contribution in [2.45, 2.75) is 58.2 Å². The Kier molecular flexibility index (Phi) is 4.16. The van der Waals surface area contributed by atoms with Gasteiger partial charge >= 0.3 is 0 Å². The van der Waals surface area contributed by atoms with Gasteiger partial charge in [0.25, 0.3) is 0 Å². The van der Waals surface area contributed by atoms with Crippen LogP contribution < -0.4 is 5.32 Å². The van der Waals surface area contributed by atoms with Gasteiger partial charge in [0, 0.05) is 24.3 Å². The summed E-state index contributed by atoms with van der Waals surface area (Å²) in [5.41, 5.74) is 2.00. The van der Waals surface area contributed by atoms with Gasteiger partial charge < -0.3 is 15.2 Å². The lowest BCUT2D eigenvalue weighted by molar-refractivity contribution is -0.0640. The Bertz CT molecular complexity index is 442. The van der Waals surface area contributed by atoms with Gasteiger partial charge in [0.1, 0.15) is 5.75 Å². The van der Waals surface area contributed by atoms with Crippen LogP contribution in [-0.2, 0) is 4.74 Å². The summed E-state index contributed by atoms with van der Waals surface area (Å²) in [6, 6.07) is 6.47. The molecule has 0 saturated carbocycles. The predicted molar refractivity (Wildman–Crippen MR) is 77.4 cm³/mol. The molecule has 2 atom stereocenters. The van der Waals surface area contributed by atoms with Crippen molar-refractivity contribution in [1.29, 1.82) is 0 Å². The van der Waals surface area contributed by atoms with Crippen LogP contribution in [0.2, 0.25) is 0 Å². The monoisotopic (exact) mass is 263 g/mol. The van der Waals surface area contributed by atoms with Gasteiger partial charge in [-0.1, -0.05) is 12.1 Å². The third-order valence-electron chi connectivity index (χ3n) is 3.84. The lowest BCUT2D eigenvalue weighted by atomic mass is 9.92. The quantitative estimate of drug-likeness (QED) is 0.879. The lowest BCUT2D eigenvalue weighted by Gasteiger charge is -2.37. The summed E-state index contributed by atoms with van der Waals surface area (Å²) in [6.07, 6.45) is 2.03. The number of aromatic hydroxyl groups is 1. The zero-order valence-corrected chi connectivity index (χ0v) is 12.4. The zero-order chi connectivity index (χ0) is 14.0. The number of benzene rings is 1. The fraction of sp³-hybridized carbons (Fsp3) is 0.625. The van der Waals surface area contributed by atoms with Crippen molar-refractivity contribution in [2.75, 3.05) is 6.61 Å². The molecule has 0 spiro atoms. The van der Waals surface area contributed by atoms with Crippen molar-refractivity contribution >= 4 is 0 Å². The minimum absolute atomic E-state index is 0.0506. The molecule has 1 fully saturated rings. The number of hydrogen-bond donors (Lipinski definition) is 2. The topological polar surface area (TPSA) is 41.5 Å². The zero-order valence-electron chi connectivity index (χ0n) is 12.4. The van der Waals surface area contributed by atoms with Crippen LogP contribution in [0.25, 0.3) is 0 Å². The Balaban J connectivity index is 2.02. The summed E-state index contributed by atoms with van der Waals surface area (Å²) in [5, 5.41) is 13.6. The van der Waals surface area contributed by atoms with E-state index in [4.69, 9.17) is 4.74 Å². The normalized spacial score (nSPS) is 24.1. The average molecular weight is 263 g/mol. The molecular formula is C16H25NO2. The first-order chi connectivity index (χ1) is 8.87. The minimum atomic E-state index is -0.0506. The van der Waals surface area contributed by atoms with E-state index in [-0.39, 0.29) is 11.6 Å². The molecule has 1 heterocycles. The van der Waals surface area contributed by atoms with Crippen LogP contribution >= 0.6 is 0 Å². The highest BCUT2D eigenvalue weighted by molar-refractivity contribution is 5.37. The molecule has 0 aliphatic carbocycles. The van der Waals surface area contributed by atoms with E-state index in [0.717, 1.165) is 30.6 Å². The molecule has 0 amide bonds. The second kappa shape index (κ2) is 5.51. The van der Waals surface area contributed by atoms with Crippen LogP contribution in [0.1, 0.15) is 50.8 Å². The largest absolute Gasteiger partial charge is 0.508 e. The standard InChI is InChI=1S/C16H25NO2/c1-11-5-6-14(15(18)9-11)12(2)17-13-7-8-19-16(3,4)10-13/h5-6,9,12-13,17-18H,7-8,10H2,1-4H3. The van der Waals surface area contributed by atoms with Crippen molar-refractivity contribution in [1.82, 2.24) is 5.32 Å². The van der Waals surface area contributed by atoms with E-state index in [1.807, 2.05) is 25.1 Å². The SMILES string of the molecule is Cc1ccc(C(C)NC2CCOC(C)(C)C2)c(O)c1.